The molecule has 0 spiro atoms. The summed E-state index contributed by atoms with van der Waals surface area (Å²) in [6, 6.07) is 6.61. The van der Waals surface area contributed by atoms with Crippen molar-refractivity contribution in [2.45, 2.75) is 58.0 Å². The van der Waals surface area contributed by atoms with Crippen LogP contribution in [0.15, 0.2) is 24.3 Å². The molecule has 1 atom stereocenters. The Balaban J connectivity index is 1.93. The maximum absolute atomic E-state index is 12.4. The van der Waals surface area contributed by atoms with E-state index in [-0.39, 0.29) is 5.75 Å². The highest BCUT2D eigenvalue weighted by molar-refractivity contribution is 5.33. The average molecular weight is 301 g/mol. The van der Waals surface area contributed by atoms with Gasteiger partial charge in [-0.05, 0) is 31.7 Å². The third-order valence-corrected chi connectivity index (χ3v) is 4.17. The molecule has 2 rings (SSSR count). The molecule has 0 aliphatic heterocycles. The summed E-state index contributed by atoms with van der Waals surface area (Å²) in [5.74, 6) is 0.503. The van der Waals surface area contributed by atoms with Gasteiger partial charge in [0.05, 0.1) is 0 Å². The summed E-state index contributed by atoms with van der Waals surface area (Å²) in [6.45, 7) is 2.51. The lowest BCUT2D eigenvalue weighted by Crippen LogP contribution is -2.34. The number of ether oxygens (including phenoxy) is 1. The lowest BCUT2D eigenvalue weighted by atomic mass is 9.84. The Morgan fingerprint density at radius 2 is 1.86 bits per heavy atom. The summed E-state index contributed by atoms with van der Waals surface area (Å²) in [4.78, 5) is 0. The van der Waals surface area contributed by atoms with Gasteiger partial charge in [0.1, 0.15) is 5.75 Å². The van der Waals surface area contributed by atoms with Gasteiger partial charge in [0.15, 0.2) is 0 Å². The Kier molecular flexibility index (Phi) is 5.51. The average Bonchev–Trinajstić information content (AvgIpc) is 2.45. The first-order chi connectivity index (χ1) is 9.96. The zero-order valence-electron chi connectivity index (χ0n) is 12.2. The van der Waals surface area contributed by atoms with Crippen LogP contribution in [0.25, 0.3) is 0 Å². The van der Waals surface area contributed by atoms with Crippen LogP contribution >= 0.6 is 0 Å². The largest absolute Gasteiger partial charge is 0.573 e. The molecule has 0 heterocycles. The van der Waals surface area contributed by atoms with Crippen molar-refractivity contribution in [1.82, 2.24) is 5.32 Å². The Labute approximate surface area is 123 Å². The highest BCUT2D eigenvalue weighted by atomic mass is 19.4. The van der Waals surface area contributed by atoms with Crippen molar-refractivity contribution in [3.63, 3.8) is 0 Å². The Bertz CT molecular complexity index is 441. The van der Waals surface area contributed by atoms with Gasteiger partial charge in [-0.25, -0.2) is 0 Å². The summed E-state index contributed by atoms with van der Waals surface area (Å²) in [6.07, 6.45) is 1.56. The maximum atomic E-state index is 12.4. The van der Waals surface area contributed by atoms with Crippen LogP contribution in [0.1, 0.15) is 44.6 Å². The van der Waals surface area contributed by atoms with Crippen LogP contribution in [-0.4, -0.2) is 12.4 Å². The van der Waals surface area contributed by atoms with Crippen LogP contribution < -0.4 is 10.1 Å². The predicted molar refractivity (Wildman–Crippen MR) is 76.0 cm³/mol. The molecule has 0 aromatic heterocycles. The van der Waals surface area contributed by atoms with Crippen molar-refractivity contribution < 1.29 is 17.9 Å². The molecule has 118 valence electrons. The van der Waals surface area contributed by atoms with Crippen molar-refractivity contribution in [1.29, 1.82) is 0 Å². The van der Waals surface area contributed by atoms with E-state index >= 15 is 0 Å². The molecule has 5 heteroatoms. The molecule has 1 saturated carbocycles. The molecule has 0 radical (unpaired) electrons. The molecule has 1 aromatic rings. The molecule has 0 bridgehead atoms. The van der Waals surface area contributed by atoms with Crippen LogP contribution in [0.3, 0.4) is 0 Å². The fourth-order valence-corrected chi connectivity index (χ4v) is 2.95. The number of nitrogens with one attached hydrogen (secondary N) is 1. The van der Waals surface area contributed by atoms with Crippen LogP contribution in [0.5, 0.6) is 5.75 Å². The molecule has 1 fully saturated rings. The van der Waals surface area contributed by atoms with E-state index in [0.717, 1.165) is 0 Å². The van der Waals surface area contributed by atoms with Gasteiger partial charge in [-0.3, -0.25) is 0 Å². The van der Waals surface area contributed by atoms with Gasteiger partial charge in [0, 0.05) is 18.2 Å². The van der Waals surface area contributed by atoms with Crippen LogP contribution in [-0.2, 0) is 6.54 Å². The maximum Gasteiger partial charge on any atom is 0.573 e. The lowest BCUT2D eigenvalue weighted by molar-refractivity contribution is -0.274. The van der Waals surface area contributed by atoms with Gasteiger partial charge >= 0.3 is 6.36 Å². The molecule has 1 aliphatic rings. The fourth-order valence-electron chi connectivity index (χ4n) is 2.95. The van der Waals surface area contributed by atoms with Crippen molar-refractivity contribution in [3.05, 3.63) is 29.8 Å². The fraction of sp³-hybridized carbons (Fsp3) is 0.625. The van der Waals surface area contributed by atoms with Crippen LogP contribution in [0, 0.1) is 5.92 Å². The van der Waals surface area contributed by atoms with Gasteiger partial charge in [0.25, 0.3) is 0 Å². The third kappa shape index (κ3) is 5.23. The molecular formula is C16H22F3NO. The molecule has 1 N–H and O–H groups in total. The van der Waals surface area contributed by atoms with E-state index < -0.39 is 6.36 Å². The van der Waals surface area contributed by atoms with Crippen molar-refractivity contribution in [2.24, 2.45) is 5.92 Å². The number of rotatable bonds is 5. The van der Waals surface area contributed by atoms with Crippen molar-refractivity contribution in [2.75, 3.05) is 0 Å². The Morgan fingerprint density at radius 3 is 2.52 bits per heavy atom. The Morgan fingerprint density at radius 1 is 1.19 bits per heavy atom. The SMILES string of the molecule is C[C@@H](NCc1ccccc1OC(F)(F)F)C1CCCCC1. The first-order valence-electron chi connectivity index (χ1n) is 7.53. The second kappa shape index (κ2) is 7.16. The number of benzene rings is 1. The minimum absolute atomic E-state index is 0.117. The standard InChI is InChI=1S/C16H22F3NO/c1-12(13-7-3-2-4-8-13)20-11-14-9-5-6-10-15(14)21-16(17,18)19/h5-6,9-10,12-13,20H,2-4,7-8,11H2,1H3/t12-/m1/s1. The van der Waals surface area contributed by atoms with Gasteiger partial charge in [-0.1, -0.05) is 37.5 Å². The summed E-state index contributed by atoms with van der Waals surface area (Å²) in [5.41, 5.74) is 0.539. The van der Waals surface area contributed by atoms with Gasteiger partial charge in [0.2, 0.25) is 0 Å². The molecular weight excluding hydrogens is 279 g/mol. The van der Waals surface area contributed by atoms with Gasteiger partial charge in [-0.15, -0.1) is 13.2 Å². The van der Waals surface area contributed by atoms with Crippen molar-refractivity contribution in [3.8, 4) is 5.75 Å². The number of hydrogen-bond acceptors (Lipinski definition) is 2. The first kappa shape index (κ1) is 16.1. The van der Waals surface area contributed by atoms with Crippen LogP contribution in [0.2, 0.25) is 0 Å². The summed E-state index contributed by atoms with van der Waals surface area (Å²) >= 11 is 0. The highest BCUT2D eigenvalue weighted by Crippen LogP contribution is 2.28. The van der Waals surface area contributed by atoms with E-state index in [4.69, 9.17) is 0 Å². The zero-order valence-corrected chi connectivity index (χ0v) is 12.2. The van der Waals surface area contributed by atoms with E-state index in [9.17, 15) is 13.2 Å². The van der Waals surface area contributed by atoms with Crippen LogP contribution in [0.4, 0.5) is 13.2 Å². The second-order valence-corrected chi connectivity index (χ2v) is 5.72. The van der Waals surface area contributed by atoms with E-state index in [1.165, 1.54) is 38.2 Å². The zero-order chi connectivity index (χ0) is 15.3. The molecule has 1 aliphatic carbocycles. The number of hydrogen-bond donors (Lipinski definition) is 1. The predicted octanol–water partition coefficient (Wildman–Crippen LogP) is 4.64. The summed E-state index contributed by atoms with van der Waals surface area (Å²) in [7, 11) is 0. The second-order valence-electron chi connectivity index (χ2n) is 5.72. The molecule has 1 aromatic carbocycles. The molecule has 0 amide bonds. The summed E-state index contributed by atoms with van der Waals surface area (Å²) < 4.78 is 41.2. The lowest BCUT2D eigenvalue weighted by Gasteiger charge is -2.28. The van der Waals surface area contributed by atoms with E-state index in [0.29, 0.717) is 24.1 Å². The van der Waals surface area contributed by atoms with E-state index in [1.807, 2.05) is 0 Å². The number of alkyl halides is 3. The minimum atomic E-state index is -4.65. The topological polar surface area (TPSA) is 21.3 Å². The van der Waals surface area contributed by atoms with E-state index in [1.54, 1.807) is 18.2 Å². The molecule has 2 nitrogen and oxygen atoms in total. The molecule has 0 unspecified atom stereocenters. The number of halogens is 3. The smallest absolute Gasteiger partial charge is 0.405 e. The minimum Gasteiger partial charge on any atom is -0.405 e. The number of para-hydroxylation sites is 1. The van der Waals surface area contributed by atoms with Gasteiger partial charge < -0.3 is 10.1 Å². The monoisotopic (exact) mass is 301 g/mol. The Hall–Kier alpha value is -1.23. The summed E-state index contributed by atoms with van der Waals surface area (Å²) in [5, 5.41) is 3.35. The highest BCUT2D eigenvalue weighted by Gasteiger charge is 2.32. The molecule has 21 heavy (non-hydrogen) atoms. The normalized spacial score (nSPS) is 18.5. The molecule has 0 saturated heterocycles. The van der Waals surface area contributed by atoms with Gasteiger partial charge in [-0.2, -0.15) is 0 Å². The third-order valence-electron chi connectivity index (χ3n) is 4.17. The quantitative estimate of drug-likeness (QED) is 0.855. The van der Waals surface area contributed by atoms with Crippen molar-refractivity contribution >= 4 is 0 Å². The first-order valence-corrected chi connectivity index (χ1v) is 7.53. The van der Waals surface area contributed by atoms with E-state index in [2.05, 4.69) is 17.0 Å².